The molecule has 1 aliphatic heterocycles. The maximum Gasteiger partial charge on any atom is 0.257 e. The van der Waals surface area contributed by atoms with Crippen molar-refractivity contribution in [2.45, 2.75) is 13.0 Å². The zero-order valence-electron chi connectivity index (χ0n) is 12.7. The van der Waals surface area contributed by atoms with E-state index in [0.717, 1.165) is 10.9 Å². The summed E-state index contributed by atoms with van der Waals surface area (Å²) in [5.74, 6) is 1.15. The average molecular weight is 317 g/mol. The number of thioether (sulfide) groups is 1. The molecule has 0 bridgehead atoms. The number of nitrogens with one attached hydrogen (secondary N) is 1. The zero-order valence-corrected chi connectivity index (χ0v) is 13.5. The van der Waals surface area contributed by atoms with Gasteiger partial charge in [-0.15, -0.1) is 11.8 Å². The van der Waals surface area contributed by atoms with Crippen LogP contribution in [-0.2, 0) is 4.79 Å². The van der Waals surface area contributed by atoms with Crippen LogP contribution in [0.2, 0.25) is 0 Å². The fourth-order valence-electron chi connectivity index (χ4n) is 2.68. The molecule has 0 saturated carbocycles. The number of likely N-dealkylation sites (N-methyl/N-ethyl adjacent to an activating group) is 1. The summed E-state index contributed by atoms with van der Waals surface area (Å²) < 4.78 is 0. The maximum atomic E-state index is 12.9. The Morgan fingerprint density at radius 1 is 1.41 bits per heavy atom. The molecule has 1 atom stereocenters. The third kappa shape index (κ3) is 2.47. The number of benzene rings is 1. The van der Waals surface area contributed by atoms with Crippen molar-refractivity contribution < 1.29 is 9.59 Å². The normalized spacial score (nSPS) is 17.9. The van der Waals surface area contributed by atoms with Crippen LogP contribution in [0.25, 0.3) is 10.9 Å². The predicted molar refractivity (Wildman–Crippen MR) is 88.9 cm³/mol. The van der Waals surface area contributed by atoms with Crippen LogP contribution in [0.5, 0.6) is 0 Å². The van der Waals surface area contributed by atoms with Crippen LogP contribution in [-0.4, -0.2) is 57.9 Å². The van der Waals surface area contributed by atoms with Crippen molar-refractivity contribution in [3.05, 3.63) is 36.0 Å². The van der Waals surface area contributed by atoms with Crippen molar-refractivity contribution in [1.29, 1.82) is 0 Å². The number of rotatable bonds is 3. The third-order valence-electron chi connectivity index (χ3n) is 4.10. The van der Waals surface area contributed by atoms with Crippen LogP contribution in [0.4, 0.5) is 0 Å². The van der Waals surface area contributed by atoms with Gasteiger partial charge in [0.05, 0.1) is 17.0 Å². The highest BCUT2D eigenvalue weighted by Gasteiger charge is 2.36. The summed E-state index contributed by atoms with van der Waals surface area (Å²) in [5.41, 5.74) is 1.46. The molecule has 1 aromatic carbocycles. The van der Waals surface area contributed by atoms with Crippen LogP contribution in [0.1, 0.15) is 17.3 Å². The molecule has 1 aliphatic rings. The number of aromatic amines is 1. The Hall–Kier alpha value is -1.95. The largest absolute Gasteiger partial charge is 0.361 e. The molecule has 0 unspecified atom stereocenters. The molecular weight excluding hydrogens is 298 g/mol. The number of nitrogens with zero attached hydrogens (tertiary/aromatic N) is 2. The standard InChI is InChI=1S/C16H19N3O2S/c1-3-18(2)16(21)13-9-22-10-19(13)15(20)12-6-4-5-11-7-8-17-14(11)12/h4-8,13,17H,3,9-10H2,1-2H3/t13-/m1/s1. The fourth-order valence-corrected chi connectivity index (χ4v) is 3.82. The van der Waals surface area contributed by atoms with Crippen LogP contribution in [0.15, 0.2) is 30.5 Å². The van der Waals surface area contributed by atoms with Crippen molar-refractivity contribution in [2.24, 2.45) is 0 Å². The smallest absolute Gasteiger partial charge is 0.257 e. The molecule has 1 saturated heterocycles. The molecule has 1 N–H and O–H groups in total. The Kier molecular flexibility index (Phi) is 4.11. The van der Waals surface area contributed by atoms with Gasteiger partial charge in [-0.05, 0) is 19.1 Å². The molecule has 1 fully saturated rings. The van der Waals surface area contributed by atoms with E-state index >= 15 is 0 Å². The van der Waals surface area contributed by atoms with Gasteiger partial charge in [0.1, 0.15) is 6.04 Å². The quantitative estimate of drug-likeness (QED) is 0.944. The van der Waals surface area contributed by atoms with E-state index in [1.54, 1.807) is 28.6 Å². The molecule has 2 aromatic rings. The number of hydrogen-bond acceptors (Lipinski definition) is 3. The van der Waals surface area contributed by atoms with Crippen molar-refractivity contribution in [3.63, 3.8) is 0 Å². The SMILES string of the molecule is CCN(C)C(=O)[C@H]1CSCN1C(=O)c1cccc2cc[nH]c12. The van der Waals surface area contributed by atoms with E-state index < -0.39 is 0 Å². The van der Waals surface area contributed by atoms with Gasteiger partial charge in [-0.2, -0.15) is 0 Å². The summed E-state index contributed by atoms with van der Waals surface area (Å²) in [6.07, 6.45) is 1.83. The number of carbonyl (C=O) groups excluding carboxylic acids is 2. The summed E-state index contributed by atoms with van der Waals surface area (Å²) in [7, 11) is 1.78. The molecule has 22 heavy (non-hydrogen) atoms. The average Bonchev–Trinajstić information content (AvgIpc) is 3.20. The van der Waals surface area contributed by atoms with E-state index in [9.17, 15) is 9.59 Å². The monoisotopic (exact) mass is 317 g/mol. The van der Waals surface area contributed by atoms with Gasteiger partial charge in [0.25, 0.3) is 5.91 Å². The minimum Gasteiger partial charge on any atom is -0.361 e. The van der Waals surface area contributed by atoms with E-state index in [4.69, 9.17) is 0 Å². The van der Waals surface area contributed by atoms with Crippen LogP contribution < -0.4 is 0 Å². The van der Waals surface area contributed by atoms with Crippen LogP contribution >= 0.6 is 11.8 Å². The fraction of sp³-hybridized carbons (Fsp3) is 0.375. The molecule has 2 amide bonds. The Balaban J connectivity index is 1.91. The van der Waals surface area contributed by atoms with Crippen LogP contribution in [0.3, 0.4) is 0 Å². The van der Waals surface area contributed by atoms with E-state index in [2.05, 4.69) is 4.98 Å². The van der Waals surface area contributed by atoms with Crippen molar-refractivity contribution in [3.8, 4) is 0 Å². The predicted octanol–water partition coefficient (Wildman–Crippen LogP) is 2.16. The molecule has 116 valence electrons. The van der Waals surface area contributed by atoms with Crippen molar-refractivity contribution in [2.75, 3.05) is 25.2 Å². The Morgan fingerprint density at radius 3 is 3.00 bits per heavy atom. The second-order valence-electron chi connectivity index (χ2n) is 5.39. The lowest BCUT2D eigenvalue weighted by atomic mass is 10.1. The number of fused-ring (bicyclic) bond motifs is 1. The number of aromatic nitrogens is 1. The third-order valence-corrected chi connectivity index (χ3v) is 5.11. The lowest BCUT2D eigenvalue weighted by Crippen LogP contribution is -2.47. The Bertz CT molecular complexity index is 712. The number of hydrogen-bond donors (Lipinski definition) is 1. The van der Waals surface area contributed by atoms with Gasteiger partial charge in [0.15, 0.2) is 0 Å². The minimum atomic E-state index is -0.368. The van der Waals surface area contributed by atoms with Crippen LogP contribution in [0, 0.1) is 0 Å². The Labute approximate surface area is 133 Å². The molecular formula is C16H19N3O2S. The van der Waals surface area contributed by atoms with Gasteiger partial charge in [-0.25, -0.2) is 0 Å². The molecule has 6 heteroatoms. The van der Waals surface area contributed by atoms with Gasteiger partial charge in [-0.3, -0.25) is 9.59 Å². The summed E-state index contributed by atoms with van der Waals surface area (Å²) >= 11 is 1.62. The van der Waals surface area contributed by atoms with Crippen molar-refractivity contribution in [1.82, 2.24) is 14.8 Å². The van der Waals surface area contributed by atoms with Gasteiger partial charge < -0.3 is 14.8 Å². The summed E-state index contributed by atoms with van der Waals surface area (Å²) in [6, 6.07) is 7.23. The summed E-state index contributed by atoms with van der Waals surface area (Å²) in [5, 5.41) is 1.01. The summed E-state index contributed by atoms with van der Waals surface area (Å²) in [4.78, 5) is 31.8. The highest BCUT2D eigenvalue weighted by Crippen LogP contribution is 2.26. The first kappa shape index (κ1) is 15.0. The maximum absolute atomic E-state index is 12.9. The molecule has 2 heterocycles. The topological polar surface area (TPSA) is 56.4 Å². The van der Waals surface area contributed by atoms with E-state index in [-0.39, 0.29) is 17.9 Å². The van der Waals surface area contributed by atoms with Gasteiger partial charge >= 0.3 is 0 Å². The highest BCUT2D eigenvalue weighted by atomic mass is 32.2. The first-order valence-electron chi connectivity index (χ1n) is 7.33. The van der Waals surface area contributed by atoms with E-state index in [0.29, 0.717) is 23.7 Å². The molecule has 1 aromatic heterocycles. The molecule has 5 nitrogen and oxygen atoms in total. The number of carbonyl (C=O) groups is 2. The van der Waals surface area contributed by atoms with Crippen molar-refractivity contribution >= 4 is 34.5 Å². The zero-order chi connectivity index (χ0) is 15.7. The van der Waals surface area contributed by atoms with Gasteiger partial charge in [-0.1, -0.05) is 12.1 Å². The highest BCUT2D eigenvalue weighted by molar-refractivity contribution is 7.99. The lowest BCUT2D eigenvalue weighted by Gasteiger charge is -2.26. The van der Waals surface area contributed by atoms with Gasteiger partial charge in [0, 0.05) is 30.9 Å². The van der Waals surface area contributed by atoms with Gasteiger partial charge in [0.2, 0.25) is 5.91 Å². The van der Waals surface area contributed by atoms with E-state index in [1.165, 1.54) is 0 Å². The number of para-hydroxylation sites is 1. The first-order valence-corrected chi connectivity index (χ1v) is 8.48. The minimum absolute atomic E-state index is 0.0134. The summed E-state index contributed by atoms with van der Waals surface area (Å²) in [6.45, 7) is 2.58. The molecule has 3 rings (SSSR count). The second kappa shape index (κ2) is 6.04. The number of H-pyrrole nitrogens is 1. The first-order chi connectivity index (χ1) is 10.6. The lowest BCUT2D eigenvalue weighted by molar-refractivity contribution is -0.133. The molecule has 0 spiro atoms. The second-order valence-corrected chi connectivity index (χ2v) is 6.39. The Morgan fingerprint density at radius 2 is 2.23 bits per heavy atom. The number of amides is 2. The van der Waals surface area contributed by atoms with E-state index in [1.807, 2.05) is 37.4 Å². The molecule has 0 radical (unpaired) electrons. The molecule has 0 aliphatic carbocycles.